The maximum atomic E-state index is 13.5. The molecule has 1 aliphatic rings. The van der Waals surface area contributed by atoms with Crippen LogP contribution in [0.25, 0.3) is 10.9 Å². The standard InChI is InChI=1S/C17H16FN3/c1-11-4-6-19-9-17(11)21-7-5-16-14(10-21)13-8-12(18)2-3-15(13)20-16/h2-4,6,8-9,20H,5,7,10H2,1H3. The summed E-state index contributed by atoms with van der Waals surface area (Å²) in [5.41, 5.74) is 5.84. The lowest BCUT2D eigenvalue weighted by molar-refractivity contribution is 0.629. The van der Waals surface area contributed by atoms with Crippen molar-refractivity contribution in [2.45, 2.75) is 19.9 Å². The Labute approximate surface area is 122 Å². The average molecular weight is 281 g/mol. The number of aryl methyl sites for hydroxylation is 1. The third-order valence-electron chi connectivity index (χ3n) is 4.29. The number of nitrogens with one attached hydrogen (secondary N) is 1. The van der Waals surface area contributed by atoms with E-state index < -0.39 is 0 Å². The van der Waals surface area contributed by atoms with Crippen LogP contribution >= 0.6 is 0 Å². The molecule has 3 heterocycles. The Morgan fingerprint density at radius 3 is 3.05 bits per heavy atom. The number of rotatable bonds is 1. The van der Waals surface area contributed by atoms with Crippen molar-refractivity contribution in [1.29, 1.82) is 0 Å². The van der Waals surface area contributed by atoms with Crippen molar-refractivity contribution in [3.05, 3.63) is 59.3 Å². The second-order valence-corrected chi connectivity index (χ2v) is 5.61. The summed E-state index contributed by atoms with van der Waals surface area (Å²) >= 11 is 0. The topological polar surface area (TPSA) is 31.9 Å². The van der Waals surface area contributed by atoms with Crippen LogP contribution in [0.15, 0.2) is 36.7 Å². The highest BCUT2D eigenvalue weighted by molar-refractivity contribution is 5.85. The minimum Gasteiger partial charge on any atom is -0.365 e. The molecule has 0 unspecified atom stereocenters. The number of nitrogens with zero attached hydrogens (tertiary/aromatic N) is 2. The van der Waals surface area contributed by atoms with Crippen molar-refractivity contribution < 1.29 is 4.39 Å². The fraction of sp³-hybridized carbons (Fsp3) is 0.235. The molecule has 2 aromatic heterocycles. The molecule has 3 aromatic rings. The molecule has 1 aromatic carbocycles. The molecule has 0 spiro atoms. The van der Waals surface area contributed by atoms with Crippen molar-refractivity contribution >= 4 is 16.6 Å². The summed E-state index contributed by atoms with van der Waals surface area (Å²) in [6, 6.07) is 6.99. The molecule has 0 bridgehead atoms. The van der Waals surface area contributed by atoms with E-state index in [2.05, 4.69) is 21.8 Å². The molecule has 0 fully saturated rings. The fourth-order valence-corrected chi connectivity index (χ4v) is 3.18. The van der Waals surface area contributed by atoms with Gasteiger partial charge in [0.25, 0.3) is 0 Å². The summed E-state index contributed by atoms with van der Waals surface area (Å²) in [5.74, 6) is -0.181. The van der Waals surface area contributed by atoms with Gasteiger partial charge in [0, 0.05) is 47.9 Å². The molecule has 0 aliphatic carbocycles. The minimum atomic E-state index is -0.181. The van der Waals surface area contributed by atoms with E-state index in [1.54, 1.807) is 6.07 Å². The van der Waals surface area contributed by atoms with Gasteiger partial charge in [-0.2, -0.15) is 0 Å². The van der Waals surface area contributed by atoms with Gasteiger partial charge in [0.15, 0.2) is 0 Å². The molecule has 4 heteroatoms. The van der Waals surface area contributed by atoms with Crippen LogP contribution in [0, 0.1) is 12.7 Å². The van der Waals surface area contributed by atoms with Crippen molar-refractivity contribution in [2.24, 2.45) is 0 Å². The van der Waals surface area contributed by atoms with Crippen LogP contribution in [0.4, 0.5) is 10.1 Å². The van der Waals surface area contributed by atoms with E-state index in [1.165, 1.54) is 22.9 Å². The van der Waals surface area contributed by atoms with Crippen molar-refractivity contribution in [3.63, 3.8) is 0 Å². The Balaban J connectivity index is 1.79. The molecular weight excluding hydrogens is 265 g/mol. The van der Waals surface area contributed by atoms with Gasteiger partial charge in [-0.1, -0.05) is 0 Å². The van der Waals surface area contributed by atoms with Crippen LogP contribution in [-0.4, -0.2) is 16.5 Å². The smallest absolute Gasteiger partial charge is 0.123 e. The van der Waals surface area contributed by atoms with Crippen LogP contribution in [0.3, 0.4) is 0 Å². The van der Waals surface area contributed by atoms with Crippen LogP contribution in [0.5, 0.6) is 0 Å². The monoisotopic (exact) mass is 281 g/mol. The van der Waals surface area contributed by atoms with Gasteiger partial charge in [-0.25, -0.2) is 4.39 Å². The number of hydrogen-bond donors (Lipinski definition) is 1. The summed E-state index contributed by atoms with van der Waals surface area (Å²) in [4.78, 5) is 9.97. The van der Waals surface area contributed by atoms with Crippen molar-refractivity contribution in [3.8, 4) is 0 Å². The summed E-state index contributed by atoms with van der Waals surface area (Å²) in [5, 5.41) is 0.997. The van der Waals surface area contributed by atoms with E-state index in [9.17, 15) is 4.39 Å². The highest BCUT2D eigenvalue weighted by Gasteiger charge is 2.22. The zero-order valence-electron chi connectivity index (χ0n) is 11.9. The lowest BCUT2D eigenvalue weighted by atomic mass is 10.0. The Kier molecular flexibility index (Phi) is 2.70. The Morgan fingerprint density at radius 1 is 1.29 bits per heavy atom. The zero-order valence-corrected chi connectivity index (χ0v) is 11.9. The van der Waals surface area contributed by atoms with Crippen molar-refractivity contribution in [1.82, 2.24) is 9.97 Å². The van der Waals surface area contributed by atoms with E-state index in [1.807, 2.05) is 24.5 Å². The number of halogens is 1. The predicted molar refractivity (Wildman–Crippen MR) is 82.0 cm³/mol. The summed E-state index contributed by atoms with van der Waals surface area (Å²) in [6.07, 6.45) is 4.67. The van der Waals surface area contributed by atoms with E-state index in [0.29, 0.717) is 0 Å². The molecule has 0 amide bonds. The third-order valence-corrected chi connectivity index (χ3v) is 4.29. The largest absolute Gasteiger partial charge is 0.365 e. The predicted octanol–water partition coefficient (Wildman–Crippen LogP) is 3.57. The minimum absolute atomic E-state index is 0.181. The van der Waals surface area contributed by atoms with Crippen LogP contribution < -0.4 is 4.90 Å². The maximum Gasteiger partial charge on any atom is 0.123 e. The van der Waals surface area contributed by atoms with E-state index in [0.717, 1.165) is 36.1 Å². The Morgan fingerprint density at radius 2 is 2.19 bits per heavy atom. The number of aromatic nitrogens is 2. The maximum absolute atomic E-state index is 13.5. The molecule has 1 aliphatic heterocycles. The molecule has 0 saturated heterocycles. The second-order valence-electron chi connectivity index (χ2n) is 5.61. The number of benzene rings is 1. The first-order valence-electron chi connectivity index (χ1n) is 7.17. The van der Waals surface area contributed by atoms with Crippen LogP contribution in [-0.2, 0) is 13.0 Å². The number of aromatic amines is 1. The number of fused-ring (bicyclic) bond motifs is 3. The van der Waals surface area contributed by atoms with Crippen LogP contribution in [0.2, 0.25) is 0 Å². The number of pyridine rings is 1. The zero-order chi connectivity index (χ0) is 14.4. The van der Waals surface area contributed by atoms with Crippen LogP contribution in [0.1, 0.15) is 16.8 Å². The highest BCUT2D eigenvalue weighted by Crippen LogP contribution is 2.31. The molecule has 0 radical (unpaired) electrons. The molecular formula is C17H16FN3. The van der Waals surface area contributed by atoms with Gasteiger partial charge in [0.05, 0.1) is 11.9 Å². The molecule has 1 N–H and O–H groups in total. The SMILES string of the molecule is Cc1ccncc1N1CCc2[nH]c3ccc(F)cc3c2C1. The van der Waals surface area contributed by atoms with Gasteiger partial charge < -0.3 is 9.88 Å². The average Bonchev–Trinajstić information content (AvgIpc) is 2.85. The van der Waals surface area contributed by atoms with Crippen molar-refractivity contribution in [2.75, 3.05) is 11.4 Å². The Hall–Kier alpha value is -2.36. The van der Waals surface area contributed by atoms with Gasteiger partial charge >= 0.3 is 0 Å². The number of anilines is 1. The van der Waals surface area contributed by atoms with E-state index in [-0.39, 0.29) is 5.82 Å². The first-order chi connectivity index (χ1) is 10.2. The quantitative estimate of drug-likeness (QED) is 0.739. The number of H-pyrrole nitrogens is 1. The van der Waals surface area contributed by atoms with Gasteiger partial charge in [0.2, 0.25) is 0 Å². The normalized spacial score (nSPS) is 14.5. The first kappa shape index (κ1) is 12.4. The highest BCUT2D eigenvalue weighted by atomic mass is 19.1. The lowest BCUT2D eigenvalue weighted by Gasteiger charge is -2.30. The summed E-state index contributed by atoms with van der Waals surface area (Å²) in [6.45, 7) is 3.85. The summed E-state index contributed by atoms with van der Waals surface area (Å²) in [7, 11) is 0. The fourth-order valence-electron chi connectivity index (χ4n) is 3.18. The van der Waals surface area contributed by atoms with E-state index in [4.69, 9.17) is 0 Å². The molecule has 4 rings (SSSR count). The molecule has 0 atom stereocenters. The molecule has 106 valence electrons. The first-order valence-corrected chi connectivity index (χ1v) is 7.17. The molecule has 21 heavy (non-hydrogen) atoms. The van der Waals surface area contributed by atoms with Gasteiger partial charge in [0.1, 0.15) is 5.82 Å². The molecule has 0 saturated carbocycles. The van der Waals surface area contributed by atoms with Gasteiger partial charge in [-0.3, -0.25) is 4.98 Å². The van der Waals surface area contributed by atoms with Gasteiger partial charge in [-0.05, 0) is 36.8 Å². The lowest BCUT2D eigenvalue weighted by Crippen LogP contribution is -2.30. The van der Waals surface area contributed by atoms with Gasteiger partial charge in [-0.15, -0.1) is 0 Å². The summed E-state index contributed by atoms with van der Waals surface area (Å²) < 4.78 is 13.5. The second kappa shape index (κ2) is 4.58. The van der Waals surface area contributed by atoms with E-state index >= 15 is 0 Å². The third kappa shape index (κ3) is 1.98. The number of hydrogen-bond acceptors (Lipinski definition) is 2. The molecule has 3 nitrogen and oxygen atoms in total. The Bertz CT molecular complexity index is 822.